The molecule has 0 radical (unpaired) electrons. The van der Waals surface area contributed by atoms with Crippen molar-refractivity contribution in [3.05, 3.63) is 60.7 Å². The maximum atomic E-state index is 12.0. The first-order valence-corrected chi connectivity index (χ1v) is 9.16. The van der Waals surface area contributed by atoms with Crippen LogP contribution >= 0.6 is 0 Å². The molecule has 0 fully saturated rings. The van der Waals surface area contributed by atoms with Crippen molar-refractivity contribution in [2.45, 2.75) is 0 Å². The van der Waals surface area contributed by atoms with Gasteiger partial charge in [0.1, 0.15) is 0 Å². The number of ether oxygens (including phenoxy) is 1. The number of carbonyl (C=O) groups excluding carboxylic acids is 1. The largest absolute Gasteiger partial charge is 0.468 e. The molecule has 0 spiro atoms. The van der Waals surface area contributed by atoms with Gasteiger partial charge in [0.05, 0.1) is 18.3 Å². The van der Waals surface area contributed by atoms with Crippen molar-refractivity contribution in [2.75, 3.05) is 17.6 Å². The van der Waals surface area contributed by atoms with E-state index in [1.807, 2.05) is 42.5 Å². The number of anilines is 1. The molecule has 0 atom stereocenters. The highest BCUT2D eigenvalue weighted by molar-refractivity contribution is 7.93. The van der Waals surface area contributed by atoms with Crippen molar-refractivity contribution in [3.63, 3.8) is 0 Å². The molecule has 0 unspecified atom stereocenters. The van der Waals surface area contributed by atoms with E-state index >= 15 is 0 Å². The lowest BCUT2D eigenvalue weighted by Gasteiger charge is -2.09. The molecule has 2 aromatic carbocycles. The van der Waals surface area contributed by atoms with Crippen LogP contribution in [0.3, 0.4) is 0 Å². The Morgan fingerprint density at radius 2 is 1.88 bits per heavy atom. The normalized spacial score (nSPS) is 11.2. The molecule has 0 bridgehead atoms. The van der Waals surface area contributed by atoms with E-state index in [4.69, 9.17) is 0 Å². The third kappa shape index (κ3) is 4.13. The van der Waals surface area contributed by atoms with Gasteiger partial charge in [0.15, 0.2) is 5.75 Å². The molecule has 1 N–H and O–H groups in total. The molecule has 0 saturated heterocycles. The number of nitrogens with one attached hydrogen (secondary N) is 1. The van der Waals surface area contributed by atoms with Gasteiger partial charge in [-0.25, -0.2) is 13.4 Å². The summed E-state index contributed by atoms with van der Waals surface area (Å²) in [5.41, 5.74) is 2.71. The number of para-hydroxylation sites is 1. The van der Waals surface area contributed by atoms with E-state index in [-0.39, 0.29) is 0 Å². The second-order valence-electron chi connectivity index (χ2n) is 5.41. The van der Waals surface area contributed by atoms with Gasteiger partial charge < -0.3 is 4.74 Å². The Labute approximate surface area is 145 Å². The van der Waals surface area contributed by atoms with E-state index in [0.29, 0.717) is 5.69 Å². The highest BCUT2D eigenvalue weighted by atomic mass is 32.2. The minimum Gasteiger partial charge on any atom is -0.468 e. The van der Waals surface area contributed by atoms with Gasteiger partial charge in [0, 0.05) is 16.6 Å². The summed E-state index contributed by atoms with van der Waals surface area (Å²) in [6.45, 7) is 0. The van der Waals surface area contributed by atoms with Crippen molar-refractivity contribution in [1.82, 2.24) is 4.98 Å². The number of hydrogen-bond acceptors (Lipinski definition) is 5. The molecule has 1 aromatic heterocycles. The number of hydrogen-bond donors (Lipinski definition) is 1. The van der Waals surface area contributed by atoms with Crippen LogP contribution in [0.25, 0.3) is 22.2 Å². The monoisotopic (exact) mass is 356 g/mol. The highest BCUT2D eigenvalue weighted by Gasteiger charge is 2.17. The fourth-order valence-electron chi connectivity index (χ4n) is 2.40. The topological polar surface area (TPSA) is 85.4 Å². The molecule has 0 aliphatic rings. The molecule has 7 heteroatoms. The van der Waals surface area contributed by atoms with Crippen LogP contribution in [0.15, 0.2) is 60.7 Å². The minimum absolute atomic E-state index is 0.358. The van der Waals surface area contributed by atoms with Gasteiger partial charge >= 0.3 is 5.97 Å². The Morgan fingerprint density at radius 3 is 2.68 bits per heavy atom. The smallest absolute Gasteiger partial charge is 0.322 e. The average Bonchev–Trinajstić information content (AvgIpc) is 2.60. The van der Waals surface area contributed by atoms with Crippen molar-refractivity contribution in [2.24, 2.45) is 0 Å². The van der Waals surface area contributed by atoms with Gasteiger partial charge in [-0.2, -0.15) is 0 Å². The van der Waals surface area contributed by atoms with Crippen LogP contribution in [0, 0.1) is 0 Å². The van der Waals surface area contributed by atoms with Crippen molar-refractivity contribution in [1.29, 1.82) is 0 Å². The van der Waals surface area contributed by atoms with Crippen molar-refractivity contribution in [3.8, 4) is 11.3 Å². The first-order chi connectivity index (χ1) is 12.0. The summed E-state index contributed by atoms with van der Waals surface area (Å²) in [4.78, 5) is 15.8. The third-order valence-corrected chi connectivity index (χ3v) is 4.73. The second-order valence-corrected chi connectivity index (χ2v) is 7.13. The van der Waals surface area contributed by atoms with Crippen LogP contribution in [0.4, 0.5) is 5.69 Å². The highest BCUT2D eigenvalue weighted by Crippen LogP contribution is 2.24. The number of carbonyl (C=O) groups is 1. The zero-order valence-corrected chi connectivity index (χ0v) is 14.3. The minimum atomic E-state index is -3.82. The summed E-state index contributed by atoms with van der Waals surface area (Å²) in [7, 11) is -2.68. The van der Waals surface area contributed by atoms with Gasteiger partial charge in [-0.05, 0) is 24.3 Å². The summed E-state index contributed by atoms with van der Waals surface area (Å²) in [6, 6.07) is 18.4. The quantitative estimate of drug-likeness (QED) is 0.711. The first-order valence-electron chi connectivity index (χ1n) is 7.50. The van der Waals surface area contributed by atoms with E-state index in [1.165, 1.54) is 0 Å². The van der Waals surface area contributed by atoms with Gasteiger partial charge in [0.25, 0.3) is 0 Å². The fraction of sp³-hybridized carbons (Fsp3) is 0.111. The van der Waals surface area contributed by atoms with Gasteiger partial charge in [-0.1, -0.05) is 36.4 Å². The second kappa shape index (κ2) is 6.90. The van der Waals surface area contributed by atoms with Gasteiger partial charge in [0.2, 0.25) is 10.0 Å². The molecule has 3 rings (SSSR count). The molecule has 0 amide bonds. The number of rotatable bonds is 5. The number of benzene rings is 2. The predicted molar refractivity (Wildman–Crippen MR) is 96.6 cm³/mol. The maximum absolute atomic E-state index is 12.0. The number of fused-ring (bicyclic) bond motifs is 1. The van der Waals surface area contributed by atoms with E-state index in [2.05, 4.69) is 14.4 Å². The van der Waals surface area contributed by atoms with Crippen molar-refractivity contribution < 1.29 is 17.9 Å². The van der Waals surface area contributed by atoms with Gasteiger partial charge in [-0.15, -0.1) is 0 Å². The Morgan fingerprint density at radius 1 is 1.08 bits per heavy atom. The summed E-state index contributed by atoms with van der Waals surface area (Å²) in [5, 5.41) is 1.03. The molecule has 1 heterocycles. The zero-order chi connectivity index (χ0) is 17.9. The van der Waals surface area contributed by atoms with Gasteiger partial charge in [-0.3, -0.25) is 9.52 Å². The Kier molecular flexibility index (Phi) is 4.67. The van der Waals surface area contributed by atoms with E-state index in [1.54, 1.807) is 18.2 Å². The summed E-state index contributed by atoms with van der Waals surface area (Å²) in [6.07, 6.45) is 0. The Hall–Kier alpha value is -2.93. The Bertz CT molecular complexity index is 1030. The summed E-state index contributed by atoms with van der Waals surface area (Å²) < 4.78 is 30.7. The number of sulfonamides is 1. The Balaban J connectivity index is 1.89. The van der Waals surface area contributed by atoms with Crippen molar-refractivity contribution >= 4 is 32.6 Å². The standard InChI is InChI=1S/C18H16N2O4S/c1-24-18(21)12-25(22,23)20-15-7-4-6-14(11-15)17-10-9-13-5-2-3-8-16(13)19-17/h2-11,20H,12H2,1H3. The van der Waals surface area contributed by atoms with Crippen LogP contribution < -0.4 is 4.72 Å². The van der Waals surface area contributed by atoms with E-state index in [9.17, 15) is 13.2 Å². The number of pyridine rings is 1. The molecule has 25 heavy (non-hydrogen) atoms. The first kappa shape index (κ1) is 16.9. The third-order valence-electron chi connectivity index (χ3n) is 3.57. The molecule has 3 aromatic rings. The lowest BCUT2D eigenvalue weighted by molar-refractivity contribution is -0.137. The lowest BCUT2D eigenvalue weighted by Crippen LogP contribution is -2.23. The lowest BCUT2D eigenvalue weighted by atomic mass is 10.1. The summed E-state index contributed by atoms with van der Waals surface area (Å²) >= 11 is 0. The molecule has 0 aliphatic carbocycles. The molecule has 6 nitrogen and oxygen atoms in total. The molecular formula is C18H16N2O4S. The van der Waals surface area contributed by atoms with E-state index in [0.717, 1.165) is 29.3 Å². The molecular weight excluding hydrogens is 340 g/mol. The van der Waals surface area contributed by atoms with Crippen LogP contribution in [-0.4, -0.2) is 32.2 Å². The SMILES string of the molecule is COC(=O)CS(=O)(=O)Nc1cccc(-c2ccc3ccccc3n2)c1. The number of nitrogens with zero attached hydrogens (tertiary/aromatic N) is 1. The van der Waals surface area contributed by atoms with Crippen LogP contribution in [0.5, 0.6) is 0 Å². The van der Waals surface area contributed by atoms with E-state index < -0.39 is 21.7 Å². The molecule has 128 valence electrons. The predicted octanol–water partition coefficient (Wildman–Crippen LogP) is 2.82. The van der Waals surface area contributed by atoms with Crippen LogP contribution in [0.2, 0.25) is 0 Å². The number of aromatic nitrogens is 1. The molecule has 0 saturated carbocycles. The molecule has 0 aliphatic heterocycles. The average molecular weight is 356 g/mol. The zero-order valence-electron chi connectivity index (χ0n) is 13.5. The van der Waals surface area contributed by atoms with Crippen LogP contribution in [-0.2, 0) is 19.6 Å². The van der Waals surface area contributed by atoms with Crippen LogP contribution in [0.1, 0.15) is 0 Å². The number of esters is 1. The number of methoxy groups -OCH3 is 1. The maximum Gasteiger partial charge on any atom is 0.322 e. The summed E-state index contributed by atoms with van der Waals surface area (Å²) in [5.74, 6) is -1.55. The fourth-order valence-corrected chi connectivity index (χ4v) is 3.38.